The third-order valence-corrected chi connectivity index (χ3v) is 3.48. The lowest BCUT2D eigenvalue weighted by Crippen LogP contribution is -2.51. The van der Waals surface area contributed by atoms with Crippen molar-refractivity contribution in [2.75, 3.05) is 5.32 Å². The van der Waals surface area contributed by atoms with Crippen molar-refractivity contribution in [3.05, 3.63) is 29.6 Å². The number of carbonyl (C=O) groups is 1. The number of oxime groups is 1. The van der Waals surface area contributed by atoms with Gasteiger partial charge in [-0.25, -0.2) is 13.2 Å². The van der Waals surface area contributed by atoms with Crippen LogP contribution in [-0.2, 0) is 4.79 Å². The van der Waals surface area contributed by atoms with Gasteiger partial charge in [0.15, 0.2) is 23.3 Å². The summed E-state index contributed by atoms with van der Waals surface area (Å²) in [5, 5.41) is 13.8. The summed E-state index contributed by atoms with van der Waals surface area (Å²) in [6.07, 6.45) is 1.43. The molecular weight excluding hydrogens is 275 g/mol. The monoisotopic (exact) mass is 287 g/mol. The summed E-state index contributed by atoms with van der Waals surface area (Å²) < 4.78 is 38.9. The van der Waals surface area contributed by atoms with Crippen molar-refractivity contribution in [3.8, 4) is 0 Å². The molecule has 1 amide bonds. The Morgan fingerprint density at radius 3 is 2.25 bits per heavy atom. The molecular formula is C12H12F3N3O2. The van der Waals surface area contributed by atoms with Crippen molar-refractivity contribution in [2.45, 2.75) is 19.3 Å². The lowest BCUT2D eigenvalue weighted by Gasteiger charge is -2.38. The summed E-state index contributed by atoms with van der Waals surface area (Å²) in [5.74, 6) is -5.34. The molecule has 1 fully saturated rings. The molecule has 0 unspecified atom stereocenters. The standard InChI is InChI=1S/C12H12F3N3O2/c13-7-4-6(5-8(14)9(7)15)17-11(19)12(2-1-3-12)10(16)18-20/h4-5,20H,1-3H2,(H2,16,18)(H,17,19). The first-order valence-corrected chi connectivity index (χ1v) is 5.85. The summed E-state index contributed by atoms with van der Waals surface area (Å²) in [4.78, 5) is 12.1. The molecule has 1 aliphatic carbocycles. The highest BCUT2D eigenvalue weighted by atomic mass is 19.2. The first-order valence-electron chi connectivity index (χ1n) is 5.85. The van der Waals surface area contributed by atoms with Crippen LogP contribution in [0, 0.1) is 22.9 Å². The quantitative estimate of drug-likeness (QED) is 0.261. The number of rotatable bonds is 3. The summed E-state index contributed by atoms with van der Waals surface area (Å²) >= 11 is 0. The molecule has 1 aromatic rings. The molecule has 0 aromatic heterocycles. The van der Waals surface area contributed by atoms with E-state index in [0.29, 0.717) is 31.4 Å². The van der Waals surface area contributed by atoms with Crippen molar-refractivity contribution in [1.29, 1.82) is 0 Å². The fraction of sp³-hybridized carbons (Fsp3) is 0.333. The molecule has 0 aliphatic heterocycles. The van der Waals surface area contributed by atoms with Gasteiger partial charge in [-0.2, -0.15) is 0 Å². The van der Waals surface area contributed by atoms with Gasteiger partial charge >= 0.3 is 0 Å². The SMILES string of the molecule is N/C(=N/O)C1(C(=O)Nc2cc(F)c(F)c(F)c2)CCC1. The van der Waals surface area contributed by atoms with Gasteiger partial charge in [-0.15, -0.1) is 0 Å². The topological polar surface area (TPSA) is 87.7 Å². The summed E-state index contributed by atoms with van der Waals surface area (Å²) in [6, 6.07) is 1.32. The number of hydrogen-bond donors (Lipinski definition) is 3. The zero-order valence-electron chi connectivity index (χ0n) is 10.3. The van der Waals surface area contributed by atoms with Crippen molar-refractivity contribution < 1.29 is 23.2 Å². The maximum Gasteiger partial charge on any atom is 0.238 e. The van der Waals surface area contributed by atoms with E-state index >= 15 is 0 Å². The van der Waals surface area contributed by atoms with Gasteiger partial charge in [0.05, 0.1) is 0 Å². The first kappa shape index (κ1) is 14.2. The van der Waals surface area contributed by atoms with E-state index in [1.807, 2.05) is 0 Å². The van der Waals surface area contributed by atoms with Gasteiger partial charge in [0.25, 0.3) is 0 Å². The zero-order valence-corrected chi connectivity index (χ0v) is 10.3. The highest BCUT2D eigenvalue weighted by Crippen LogP contribution is 2.42. The Labute approximate surface area is 112 Å². The molecule has 0 atom stereocenters. The van der Waals surface area contributed by atoms with Gasteiger partial charge < -0.3 is 16.3 Å². The minimum atomic E-state index is -1.61. The number of benzene rings is 1. The summed E-state index contributed by atoms with van der Waals surface area (Å²) in [6.45, 7) is 0. The predicted octanol–water partition coefficient (Wildman–Crippen LogP) is 1.96. The van der Waals surface area contributed by atoms with Gasteiger partial charge in [0, 0.05) is 17.8 Å². The Morgan fingerprint density at radius 2 is 1.85 bits per heavy atom. The Hall–Kier alpha value is -2.25. The van der Waals surface area contributed by atoms with Gasteiger partial charge in [-0.3, -0.25) is 4.79 Å². The van der Waals surface area contributed by atoms with Gasteiger partial charge in [-0.1, -0.05) is 11.6 Å². The molecule has 20 heavy (non-hydrogen) atoms. The molecule has 0 saturated heterocycles. The number of amides is 1. The van der Waals surface area contributed by atoms with Crippen LogP contribution in [-0.4, -0.2) is 17.0 Å². The van der Waals surface area contributed by atoms with Crippen LogP contribution in [0.3, 0.4) is 0 Å². The zero-order chi connectivity index (χ0) is 14.9. The fourth-order valence-electron chi connectivity index (χ4n) is 2.10. The van der Waals surface area contributed by atoms with Crippen LogP contribution in [0.2, 0.25) is 0 Å². The number of anilines is 1. The van der Waals surface area contributed by atoms with Crippen molar-refractivity contribution >= 4 is 17.4 Å². The Balaban J connectivity index is 2.24. The minimum absolute atomic E-state index is 0.233. The fourth-order valence-corrected chi connectivity index (χ4v) is 2.10. The second kappa shape index (κ2) is 5.03. The van der Waals surface area contributed by atoms with E-state index in [1.165, 1.54) is 0 Å². The van der Waals surface area contributed by atoms with E-state index in [0.717, 1.165) is 0 Å². The number of carbonyl (C=O) groups excluding carboxylic acids is 1. The smallest absolute Gasteiger partial charge is 0.238 e. The normalized spacial score (nSPS) is 17.4. The van der Waals surface area contributed by atoms with Crippen LogP contribution in [0.1, 0.15) is 19.3 Å². The molecule has 2 rings (SSSR count). The van der Waals surface area contributed by atoms with Crippen molar-refractivity contribution in [2.24, 2.45) is 16.3 Å². The average Bonchev–Trinajstić information content (AvgIpc) is 2.34. The van der Waals surface area contributed by atoms with Crippen molar-refractivity contribution in [1.82, 2.24) is 0 Å². The molecule has 1 saturated carbocycles. The van der Waals surface area contributed by atoms with Crippen molar-refractivity contribution in [3.63, 3.8) is 0 Å². The largest absolute Gasteiger partial charge is 0.409 e. The maximum absolute atomic E-state index is 13.1. The molecule has 108 valence electrons. The lowest BCUT2D eigenvalue weighted by atomic mass is 9.67. The van der Waals surface area contributed by atoms with Crippen LogP contribution in [0.25, 0.3) is 0 Å². The van der Waals surface area contributed by atoms with Crippen LogP contribution in [0.5, 0.6) is 0 Å². The minimum Gasteiger partial charge on any atom is -0.409 e. The number of nitrogens with one attached hydrogen (secondary N) is 1. The third-order valence-electron chi connectivity index (χ3n) is 3.48. The predicted molar refractivity (Wildman–Crippen MR) is 64.6 cm³/mol. The van der Waals surface area contributed by atoms with Crippen LogP contribution >= 0.6 is 0 Å². The molecule has 1 aromatic carbocycles. The van der Waals surface area contributed by atoms with Crippen LogP contribution in [0.4, 0.5) is 18.9 Å². The Morgan fingerprint density at radius 1 is 1.30 bits per heavy atom. The van der Waals surface area contributed by atoms with Crippen LogP contribution < -0.4 is 11.1 Å². The first-order chi connectivity index (χ1) is 9.40. The van der Waals surface area contributed by atoms with Gasteiger partial charge in [-0.05, 0) is 12.8 Å². The summed E-state index contributed by atoms with van der Waals surface area (Å²) in [5.41, 5.74) is 4.07. The van der Waals surface area contributed by atoms with E-state index in [9.17, 15) is 18.0 Å². The van der Waals surface area contributed by atoms with Crippen LogP contribution in [0.15, 0.2) is 17.3 Å². The number of hydrogen-bond acceptors (Lipinski definition) is 3. The number of halogens is 3. The molecule has 0 radical (unpaired) electrons. The second-order valence-electron chi connectivity index (χ2n) is 4.63. The van der Waals surface area contributed by atoms with E-state index < -0.39 is 28.8 Å². The summed E-state index contributed by atoms with van der Waals surface area (Å²) in [7, 11) is 0. The molecule has 8 heteroatoms. The molecule has 0 heterocycles. The Bertz CT molecular complexity index is 562. The van der Waals surface area contributed by atoms with Gasteiger partial charge in [0.2, 0.25) is 5.91 Å². The molecule has 1 aliphatic rings. The lowest BCUT2D eigenvalue weighted by molar-refractivity contribution is -0.125. The third kappa shape index (κ3) is 2.17. The van der Waals surface area contributed by atoms with E-state index in [-0.39, 0.29) is 11.5 Å². The molecule has 0 bridgehead atoms. The van der Waals surface area contributed by atoms with E-state index in [4.69, 9.17) is 10.9 Å². The maximum atomic E-state index is 13.1. The highest BCUT2D eigenvalue weighted by molar-refractivity contribution is 6.12. The van der Waals surface area contributed by atoms with E-state index in [2.05, 4.69) is 10.5 Å². The molecule has 4 N–H and O–H groups in total. The van der Waals surface area contributed by atoms with E-state index in [1.54, 1.807) is 0 Å². The second-order valence-corrected chi connectivity index (χ2v) is 4.63. The Kier molecular flexibility index (Phi) is 3.56. The molecule has 0 spiro atoms. The number of nitrogens with two attached hydrogens (primary N) is 1. The number of nitrogens with zero attached hydrogens (tertiary/aromatic N) is 1. The highest BCUT2D eigenvalue weighted by Gasteiger charge is 2.48. The average molecular weight is 287 g/mol. The molecule has 5 nitrogen and oxygen atoms in total. The van der Waals surface area contributed by atoms with Gasteiger partial charge in [0.1, 0.15) is 5.41 Å². The number of amidine groups is 1.